The summed E-state index contributed by atoms with van der Waals surface area (Å²) < 4.78 is 0. The van der Waals surface area contributed by atoms with Crippen molar-refractivity contribution in [3.05, 3.63) is 16.3 Å². The first-order valence-electron chi connectivity index (χ1n) is 4.81. The van der Waals surface area contributed by atoms with Crippen molar-refractivity contribution in [2.75, 3.05) is 12.3 Å². The van der Waals surface area contributed by atoms with Crippen LogP contribution in [-0.2, 0) is 0 Å². The Hall–Kier alpha value is -1.07. The van der Waals surface area contributed by atoms with E-state index < -0.39 is 0 Å². The van der Waals surface area contributed by atoms with Gasteiger partial charge in [-0.1, -0.05) is 6.92 Å². The Balaban J connectivity index is 2.60. The summed E-state index contributed by atoms with van der Waals surface area (Å²) in [6.45, 7) is 3.80. The van der Waals surface area contributed by atoms with E-state index in [0.717, 1.165) is 0 Å². The molecule has 0 aliphatic carbocycles. The topological polar surface area (TPSA) is 75.3 Å². The second-order valence-electron chi connectivity index (χ2n) is 3.63. The molecule has 1 aromatic heterocycles. The van der Waals surface area contributed by atoms with Crippen LogP contribution in [0.15, 0.2) is 11.4 Å². The Morgan fingerprint density at radius 3 is 2.80 bits per heavy atom. The SMILES string of the molecule is CC(CO)C(C)NC(=O)c1sccc1N. The number of amides is 1. The van der Waals surface area contributed by atoms with Crippen molar-refractivity contribution < 1.29 is 9.90 Å². The molecule has 1 heterocycles. The molecule has 5 heteroatoms. The maximum atomic E-state index is 11.7. The monoisotopic (exact) mass is 228 g/mol. The molecule has 0 aromatic carbocycles. The summed E-state index contributed by atoms with van der Waals surface area (Å²) >= 11 is 1.32. The molecular formula is C10H16N2O2S. The normalized spacial score (nSPS) is 14.6. The van der Waals surface area contributed by atoms with E-state index in [0.29, 0.717) is 10.6 Å². The van der Waals surface area contributed by atoms with Gasteiger partial charge in [0.1, 0.15) is 4.88 Å². The van der Waals surface area contributed by atoms with Crippen molar-refractivity contribution in [1.29, 1.82) is 0 Å². The highest BCUT2D eigenvalue weighted by Gasteiger charge is 2.17. The third kappa shape index (κ3) is 2.94. The highest BCUT2D eigenvalue weighted by molar-refractivity contribution is 7.12. The fourth-order valence-corrected chi connectivity index (χ4v) is 1.80. The number of carbonyl (C=O) groups is 1. The van der Waals surface area contributed by atoms with Crippen LogP contribution in [0.3, 0.4) is 0 Å². The first-order chi connectivity index (χ1) is 7.06. The van der Waals surface area contributed by atoms with Gasteiger partial charge >= 0.3 is 0 Å². The van der Waals surface area contributed by atoms with Crippen LogP contribution in [-0.4, -0.2) is 23.7 Å². The Kier molecular flexibility index (Phi) is 4.11. The lowest BCUT2D eigenvalue weighted by atomic mass is 10.1. The molecule has 15 heavy (non-hydrogen) atoms. The third-order valence-corrected chi connectivity index (χ3v) is 3.33. The van der Waals surface area contributed by atoms with Crippen LogP contribution in [0.25, 0.3) is 0 Å². The van der Waals surface area contributed by atoms with Gasteiger partial charge in [0.2, 0.25) is 0 Å². The molecule has 0 saturated carbocycles. The average Bonchev–Trinajstić information content (AvgIpc) is 2.63. The van der Waals surface area contributed by atoms with Crippen molar-refractivity contribution >= 4 is 22.9 Å². The number of carbonyl (C=O) groups excluding carboxylic acids is 1. The molecule has 1 aromatic rings. The predicted octanol–water partition coefficient (Wildman–Crippen LogP) is 1.08. The van der Waals surface area contributed by atoms with E-state index in [-0.39, 0.29) is 24.5 Å². The lowest BCUT2D eigenvalue weighted by molar-refractivity contribution is 0.0921. The zero-order chi connectivity index (χ0) is 11.4. The van der Waals surface area contributed by atoms with Gasteiger partial charge in [-0.25, -0.2) is 0 Å². The first-order valence-corrected chi connectivity index (χ1v) is 5.69. The number of nitrogens with two attached hydrogens (primary N) is 1. The molecule has 0 spiro atoms. The van der Waals surface area contributed by atoms with Gasteiger partial charge in [0.05, 0.1) is 5.69 Å². The van der Waals surface area contributed by atoms with Gasteiger partial charge in [-0.3, -0.25) is 4.79 Å². The minimum Gasteiger partial charge on any atom is -0.397 e. The van der Waals surface area contributed by atoms with Gasteiger partial charge in [-0.15, -0.1) is 11.3 Å². The van der Waals surface area contributed by atoms with Crippen molar-refractivity contribution in [2.24, 2.45) is 5.92 Å². The molecule has 0 fully saturated rings. The molecule has 0 saturated heterocycles. The van der Waals surface area contributed by atoms with E-state index in [9.17, 15) is 4.79 Å². The first kappa shape index (κ1) is 12.0. The van der Waals surface area contributed by atoms with E-state index in [4.69, 9.17) is 10.8 Å². The highest BCUT2D eigenvalue weighted by Crippen LogP contribution is 2.18. The zero-order valence-corrected chi connectivity index (χ0v) is 9.67. The number of nitrogen functional groups attached to an aromatic ring is 1. The number of nitrogens with one attached hydrogen (secondary N) is 1. The summed E-state index contributed by atoms with van der Waals surface area (Å²) in [5.41, 5.74) is 6.13. The summed E-state index contributed by atoms with van der Waals surface area (Å²) in [5.74, 6) is -0.134. The molecule has 0 aliphatic rings. The molecular weight excluding hydrogens is 212 g/mol. The summed E-state index contributed by atoms with van der Waals surface area (Å²) in [6, 6.07) is 1.64. The van der Waals surface area contributed by atoms with Gasteiger partial charge in [0, 0.05) is 12.6 Å². The quantitative estimate of drug-likeness (QED) is 0.721. The second kappa shape index (κ2) is 5.14. The number of hydrogen-bond donors (Lipinski definition) is 3. The van der Waals surface area contributed by atoms with Crippen LogP contribution in [0.1, 0.15) is 23.5 Å². The van der Waals surface area contributed by atoms with Crippen LogP contribution in [0.5, 0.6) is 0 Å². The zero-order valence-electron chi connectivity index (χ0n) is 8.86. The van der Waals surface area contributed by atoms with Gasteiger partial charge in [0.25, 0.3) is 5.91 Å². The molecule has 4 nitrogen and oxygen atoms in total. The van der Waals surface area contributed by atoms with E-state index in [1.807, 2.05) is 13.8 Å². The fraction of sp³-hybridized carbons (Fsp3) is 0.500. The number of hydrogen-bond acceptors (Lipinski definition) is 4. The minimum absolute atomic E-state index is 0.0372. The van der Waals surface area contributed by atoms with Crippen molar-refractivity contribution in [3.8, 4) is 0 Å². The number of aliphatic hydroxyl groups is 1. The second-order valence-corrected chi connectivity index (χ2v) is 4.54. The fourth-order valence-electron chi connectivity index (χ4n) is 1.08. The number of thiophene rings is 1. The van der Waals surface area contributed by atoms with Crippen LogP contribution in [0.4, 0.5) is 5.69 Å². The van der Waals surface area contributed by atoms with Crippen LogP contribution in [0, 0.1) is 5.92 Å². The van der Waals surface area contributed by atoms with Gasteiger partial charge in [0.15, 0.2) is 0 Å². The molecule has 0 bridgehead atoms. The van der Waals surface area contributed by atoms with Crippen LogP contribution in [0.2, 0.25) is 0 Å². The van der Waals surface area contributed by atoms with E-state index in [1.54, 1.807) is 11.4 Å². The predicted molar refractivity (Wildman–Crippen MR) is 61.9 cm³/mol. The van der Waals surface area contributed by atoms with E-state index in [1.165, 1.54) is 11.3 Å². The van der Waals surface area contributed by atoms with Gasteiger partial charge in [-0.05, 0) is 24.3 Å². The Morgan fingerprint density at radius 2 is 2.33 bits per heavy atom. The highest BCUT2D eigenvalue weighted by atomic mass is 32.1. The molecule has 1 rings (SSSR count). The minimum atomic E-state index is -0.171. The van der Waals surface area contributed by atoms with Crippen molar-refractivity contribution in [1.82, 2.24) is 5.32 Å². The molecule has 2 unspecified atom stereocenters. The summed E-state index contributed by atoms with van der Waals surface area (Å²) in [5, 5.41) is 13.5. The van der Waals surface area contributed by atoms with Gasteiger partial charge in [-0.2, -0.15) is 0 Å². The smallest absolute Gasteiger partial charge is 0.263 e. The lowest BCUT2D eigenvalue weighted by Crippen LogP contribution is -2.38. The molecule has 1 amide bonds. The lowest BCUT2D eigenvalue weighted by Gasteiger charge is -2.18. The summed E-state index contributed by atoms with van der Waals surface area (Å²) in [7, 11) is 0. The van der Waals surface area contributed by atoms with Gasteiger partial charge < -0.3 is 16.2 Å². The maximum absolute atomic E-state index is 11.7. The van der Waals surface area contributed by atoms with Crippen molar-refractivity contribution in [2.45, 2.75) is 19.9 Å². The average molecular weight is 228 g/mol. The summed E-state index contributed by atoms with van der Waals surface area (Å²) in [4.78, 5) is 12.2. The molecule has 84 valence electrons. The molecule has 0 aliphatic heterocycles. The third-order valence-electron chi connectivity index (χ3n) is 2.40. The summed E-state index contributed by atoms with van der Waals surface area (Å²) in [6.07, 6.45) is 0. The number of anilines is 1. The maximum Gasteiger partial charge on any atom is 0.263 e. The number of aliphatic hydroxyl groups excluding tert-OH is 1. The Bertz CT molecular complexity index is 338. The van der Waals surface area contributed by atoms with Crippen LogP contribution < -0.4 is 11.1 Å². The van der Waals surface area contributed by atoms with Crippen molar-refractivity contribution in [3.63, 3.8) is 0 Å². The standard InChI is InChI=1S/C10H16N2O2S/c1-6(5-13)7(2)12-10(14)9-8(11)3-4-15-9/h3-4,6-7,13H,5,11H2,1-2H3,(H,12,14). The number of rotatable bonds is 4. The largest absolute Gasteiger partial charge is 0.397 e. The Labute approximate surface area is 93.1 Å². The molecule has 2 atom stereocenters. The Morgan fingerprint density at radius 1 is 1.67 bits per heavy atom. The molecule has 0 radical (unpaired) electrons. The van der Waals surface area contributed by atoms with Crippen LogP contribution >= 0.6 is 11.3 Å². The van der Waals surface area contributed by atoms with E-state index >= 15 is 0 Å². The van der Waals surface area contributed by atoms with E-state index in [2.05, 4.69) is 5.32 Å². The molecule has 4 N–H and O–H groups in total.